The van der Waals surface area contributed by atoms with Crippen LogP contribution in [0.3, 0.4) is 0 Å². The summed E-state index contributed by atoms with van der Waals surface area (Å²) in [5.41, 5.74) is 0.510. The van der Waals surface area contributed by atoms with E-state index in [1.54, 1.807) is 11.9 Å². The van der Waals surface area contributed by atoms with Gasteiger partial charge >= 0.3 is 12.3 Å². The molecule has 1 saturated heterocycles. The Kier molecular flexibility index (Phi) is 8.57. The summed E-state index contributed by atoms with van der Waals surface area (Å²) in [5.74, 6) is -0.0788. The summed E-state index contributed by atoms with van der Waals surface area (Å²) < 4.78 is 44.9. The van der Waals surface area contributed by atoms with E-state index in [9.17, 15) is 22.8 Å². The summed E-state index contributed by atoms with van der Waals surface area (Å²) in [6.07, 6.45) is 0.156. The Bertz CT molecular complexity index is 1360. The van der Waals surface area contributed by atoms with Gasteiger partial charge < -0.3 is 20.3 Å². The number of rotatable bonds is 8. The van der Waals surface area contributed by atoms with E-state index < -0.39 is 11.7 Å². The largest absolute Gasteiger partial charge is 0.445 e. The smallest absolute Gasteiger partial charge is 0.416 e. The maximum atomic E-state index is 13.1. The molecule has 0 radical (unpaired) electrons. The van der Waals surface area contributed by atoms with Crippen molar-refractivity contribution in [1.82, 2.24) is 25.1 Å². The number of hydrogen-bond donors (Lipinski definition) is 2. The van der Waals surface area contributed by atoms with Crippen LogP contribution < -0.4 is 10.6 Å². The van der Waals surface area contributed by atoms with Gasteiger partial charge in [0.05, 0.1) is 23.7 Å². The van der Waals surface area contributed by atoms with Gasteiger partial charge in [-0.3, -0.25) is 9.69 Å². The fourth-order valence-electron chi connectivity index (χ4n) is 5.50. The summed E-state index contributed by atoms with van der Waals surface area (Å²) in [5, 5.41) is 6.03. The first-order valence-electron chi connectivity index (χ1n) is 13.7. The first-order valence-corrected chi connectivity index (χ1v) is 13.7. The Balaban J connectivity index is 1.02. The Morgan fingerprint density at radius 3 is 2.49 bits per heavy atom. The average Bonchev–Trinajstić information content (AvgIpc) is 2.96. The van der Waals surface area contributed by atoms with Gasteiger partial charge in [0.2, 0.25) is 5.91 Å². The lowest BCUT2D eigenvalue weighted by molar-refractivity contribution is -0.137. The second kappa shape index (κ2) is 12.3. The van der Waals surface area contributed by atoms with Gasteiger partial charge in [0, 0.05) is 37.6 Å². The molecule has 0 spiro atoms. The molecule has 1 aliphatic heterocycles. The predicted octanol–water partition coefficient (Wildman–Crippen LogP) is 4.44. The highest BCUT2D eigenvalue weighted by Gasteiger charge is 2.36. The molecule has 5 rings (SSSR count). The highest BCUT2D eigenvalue weighted by Crippen LogP contribution is 2.33. The van der Waals surface area contributed by atoms with Gasteiger partial charge in [-0.15, -0.1) is 0 Å². The van der Waals surface area contributed by atoms with E-state index in [1.165, 1.54) is 12.4 Å². The monoisotopic (exact) mass is 570 g/mol. The van der Waals surface area contributed by atoms with Gasteiger partial charge in [-0.05, 0) is 49.4 Å². The van der Waals surface area contributed by atoms with Crippen LogP contribution in [-0.4, -0.2) is 76.6 Å². The van der Waals surface area contributed by atoms with Crippen molar-refractivity contribution in [2.45, 2.75) is 56.6 Å². The van der Waals surface area contributed by atoms with Gasteiger partial charge in [-0.25, -0.2) is 14.8 Å². The van der Waals surface area contributed by atoms with E-state index in [1.807, 2.05) is 30.3 Å². The molecule has 2 amide bonds. The van der Waals surface area contributed by atoms with E-state index in [-0.39, 0.29) is 48.4 Å². The Hall–Kier alpha value is -3.93. The number of anilines is 1. The first kappa shape index (κ1) is 28.6. The van der Waals surface area contributed by atoms with Crippen LogP contribution in [0, 0.1) is 0 Å². The van der Waals surface area contributed by atoms with Crippen LogP contribution in [0.5, 0.6) is 0 Å². The first-order chi connectivity index (χ1) is 19.7. The number of halogens is 3. The number of nitrogens with one attached hydrogen (secondary N) is 2. The summed E-state index contributed by atoms with van der Waals surface area (Å²) in [4.78, 5) is 37.1. The molecule has 1 saturated carbocycles. The molecule has 3 aromatic rings. The second-order valence-electron chi connectivity index (χ2n) is 10.6. The lowest BCUT2D eigenvalue weighted by Gasteiger charge is -2.47. The third-order valence-corrected chi connectivity index (χ3v) is 7.88. The quantitative estimate of drug-likeness (QED) is 0.413. The van der Waals surface area contributed by atoms with Crippen LogP contribution in [0.4, 0.5) is 23.8 Å². The number of benzene rings is 2. The second-order valence-corrected chi connectivity index (χ2v) is 10.6. The Morgan fingerprint density at radius 1 is 1.05 bits per heavy atom. The molecule has 2 aliphatic rings. The van der Waals surface area contributed by atoms with Crippen LogP contribution in [-0.2, 0) is 22.3 Å². The molecule has 2 heterocycles. The van der Waals surface area contributed by atoms with Crippen LogP contribution in [0.1, 0.15) is 36.8 Å². The molecular formula is C29H33F3N6O3. The maximum Gasteiger partial charge on any atom is 0.416 e. The van der Waals surface area contributed by atoms with E-state index >= 15 is 0 Å². The SMILES string of the molecule is CN(C(=O)OCc1ccccc1)[C@H]1CC[C@H](N2CC(NC(=O)CNc3ncnc4ccc(C(F)(F)F)cc34)C2)CC1. The van der Waals surface area contributed by atoms with Crippen molar-refractivity contribution in [1.29, 1.82) is 0 Å². The van der Waals surface area contributed by atoms with Gasteiger partial charge in [-0.2, -0.15) is 13.2 Å². The number of fused-ring (bicyclic) bond motifs is 1. The van der Waals surface area contributed by atoms with Gasteiger partial charge in [0.15, 0.2) is 0 Å². The maximum absolute atomic E-state index is 13.1. The normalized spacial score (nSPS) is 19.8. The molecule has 9 nitrogen and oxygen atoms in total. The number of hydrogen-bond acceptors (Lipinski definition) is 7. The highest BCUT2D eigenvalue weighted by molar-refractivity contribution is 5.91. The van der Waals surface area contributed by atoms with Crippen molar-refractivity contribution < 1.29 is 27.5 Å². The molecule has 1 aromatic heterocycles. The zero-order chi connectivity index (χ0) is 29.0. The number of carbonyl (C=O) groups excluding carboxylic acids is 2. The third kappa shape index (κ3) is 7.05. The average molecular weight is 571 g/mol. The molecule has 2 N–H and O–H groups in total. The summed E-state index contributed by atoms with van der Waals surface area (Å²) in [7, 11) is 1.79. The number of nitrogens with zero attached hydrogens (tertiary/aromatic N) is 4. The van der Waals surface area contributed by atoms with E-state index in [0.29, 0.717) is 11.6 Å². The lowest BCUT2D eigenvalue weighted by Crippen LogP contribution is -2.63. The summed E-state index contributed by atoms with van der Waals surface area (Å²) in [6, 6.07) is 13.4. The van der Waals surface area contributed by atoms with Crippen molar-refractivity contribution >= 4 is 28.7 Å². The van der Waals surface area contributed by atoms with E-state index in [0.717, 1.165) is 56.5 Å². The molecule has 12 heteroatoms. The van der Waals surface area contributed by atoms with Crippen molar-refractivity contribution in [3.8, 4) is 0 Å². The minimum Gasteiger partial charge on any atom is -0.445 e. The number of amides is 2. The number of likely N-dealkylation sites (tertiary alicyclic amines) is 1. The fraction of sp³-hybridized carbons (Fsp3) is 0.448. The number of alkyl halides is 3. The van der Waals surface area contributed by atoms with Crippen LogP contribution in [0.2, 0.25) is 0 Å². The third-order valence-electron chi connectivity index (χ3n) is 7.88. The molecule has 0 unspecified atom stereocenters. The summed E-state index contributed by atoms with van der Waals surface area (Å²) in [6.45, 7) is 1.61. The molecule has 2 fully saturated rings. The van der Waals surface area contributed by atoms with Gasteiger partial charge in [-0.1, -0.05) is 30.3 Å². The molecular weight excluding hydrogens is 537 g/mol. The zero-order valence-corrected chi connectivity index (χ0v) is 22.7. The molecule has 41 heavy (non-hydrogen) atoms. The summed E-state index contributed by atoms with van der Waals surface area (Å²) >= 11 is 0. The molecule has 218 valence electrons. The van der Waals surface area contributed by atoms with Gasteiger partial charge in [0.1, 0.15) is 18.8 Å². The Morgan fingerprint density at radius 2 is 1.78 bits per heavy atom. The number of aromatic nitrogens is 2. The lowest BCUT2D eigenvalue weighted by atomic mass is 9.87. The van der Waals surface area contributed by atoms with E-state index in [4.69, 9.17) is 4.74 Å². The predicted molar refractivity (Wildman–Crippen MR) is 147 cm³/mol. The van der Waals surface area contributed by atoms with Crippen LogP contribution in [0.25, 0.3) is 10.9 Å². The van der Waals surface area contributed by atoms with Gasteiger partial charge in [0.25, 0.3) is 0 Å². The molecule has 1 aliphatic carbocycles. The minimum absolute atomic E-state index is 0.0108. The zero-order valence-electron chi connectivity index (χ0n) is 22.7. The molecule has 0 atom stereocenters. The molecule has 0 bridgehead atoms. The van der Waals surface area contributed by atoms with E-state index in [2.05, 4.69) is 25.5 Å². The minimum atomic E-state index is -4.49. The van der Waals surface area contributed by atoms with Crippen molar-refractivity contribution in [2.24, 2.45) is 0 Å². The number of ether oxygens (including phenoxy) is 1. The van der Waals surface area contributed by atoms with Crippen molar-refractivity contribution in [3.05, 3.63) is 66.0 Å². The van der Waals surface area contributed by atoms with Crippen molar-refractivity contribution in [3.63, 3.8) is 0 Å². The number of carbonyl (C=O) groups is 2. The Labute approximate surface area is 236 Å². The fourth-order valence-corrected chi connectivity index (χ4v) is 5.50. The van der Waals surface area contributed by atoms with Crippen LogP contribution in [0.15, 0.2) is 54.9 Å². The standard InChI is InChI=1S/C29H33F3N6O3/c1-37(28(40)41-17-19-5-3-2-4-6-19)22-8-10-23(11-9-22)38-15-21(16-38)36-26(39)14-33-27-24-13-20(29(30,31)32)7-12-25(24)34-18-35-27/h2-7,12-13,18,21-23H,8-11,14-17H2,1H3,(H,36,39)(H,33,34,35)/t22-,23-. The topological polar surface area (TPSA) is 99.7 Å². The van der Waals surface area contributed by atoms with Crippen molar-refractivity contribution in [2.75, 3.05) is 32.0 Å². The van der Waals surface area contributed by atoms with Crippen LogP contribution >= 0.6 is 0 Å². The molecule has 2 aromatic carbocycles. The highest BCUT2D eigenvalue weighted by atomic mass is 19.4.